The number of nitrogens with zero attached hydrogens (tertiary/aromatic N) is 2. The maximum atomic E-state index is 5.93. The van der Waals surface area contributed by atoms with E-state index in [9.17, 15) is 0 Å². The molecule has 0 aromatic carbocycles. The summed E-state index contributed by atoms with van der Waals surface area (Å²) in [6.07, 6.45) is 4.31. The molecule has 5 nitrogen and oxygen atoms in total. The van der Waals surface area contributed by atoms with Crippen molar-refractivity contribution in [3.05, 3.63) is 11.2 Å². The highest BCUT2D eigenvalue weighted by atomic mass is 35.5. The molecule has 0 spiro atoms. The van der Waals surface area contributed by atoms with Gasteiger partial charge < -0.3 is 15.2 Å². The topological polar surface area (TPSA) is 70.3 Å². The first kappa shape index (κ1) is 11.4. The Morgan fingerprint density at radius 2 is 2.31 bits per heavy atom. The summed E-state index contributed by atoms with van der Waals surface area (Å²) in [5, 5.41) is 0.390. The standard InChI is InChI=1S/C10H14ClN3O2/c1-15-10-13-5-8(11)9(14-10)16-7-3-2-6(12)4-7/h5-7H,2-4,12H2,1H3. The lowest BCUT2D eigenvalue weighted by Crippen LogP contribution is -2.19. The zero-order chi connectivity index (χ0) is 11.5. The van der Waals surface area contributed by atoms with E-state index in [1.165, 1.54) is 13.3 Å². The lowest BCUT2D eigenvalue weighted by atomic mass is 10.3. The van der Waals surface area contributed by atoms with Gasteiger partial charge in [0.15, 0.2) is 0 Å². The maximum Gasteiger partial charge on any atom is 0.319 e. The predicted molar refractivity (Wildman–Crippen MR) is 59.8 cm³/mol. The Hall–Kier alpha value is -1.07. The maximum absolute atomic E-state index is 5.93. The zero-order valence-electron chi connectivity index (χ0n) is 9.02. The molecule has 1 aliphatic carbocycles. The summed E-state index contributed by atoms with van der Waals surface area (Å²) in [7, 11) is 1.50. The van der Waals surface area contributed by atoms with Crippen molar-refractivity contribution in [2.45, 2.75) is 31.4 Å². The molecule has 0 bridgehead atoms. The molecule has 0 saturated heterocycles. The highest BCUT2D eigenvalue weighted by molar-refractivity contribution is 6.31. The number of aromatic nitrogens is 2. The molecule has 0 amide bonds. The van der Waals surface area contributed by atoms with Crippen molar-refractivity contribution < 1.29 is 9.47 Å². The van der Waals surface area contributed by atoms with Crippen molar-refractivity contribution in [3.8, 4) is 11.9 Å². The van der Waals surface area contributed by atoms with E-state index in [-0.39, 0.29) is 18.2 Å². The quantitative estimate of drug-likeness (QED) is 0.869. The number of hydrogen-bond donors (Lipinski definition) is 1. The molecule has 1 aromatic rings. The molecule has 16 heavy (non-hydrogen) atoms. The molecule has 1 heterocycles. The van der Waals surface area contributed by atoms with Crippen LogP contribution in [0.3, 0.4) is 0 Å². The molecule has 1 fully saturated rings. The minimum Gasteiger partial charge on any atom is -0.473 e. The molecule has 0 aliphatic heterocycles. The van der Waals surface area contributed by atoms with E-state index < -0.39 is 0 Å². The summed E-state index contributed by atoms with van der Waals surface area (Å²) < 4.78 is 10.6. The molecular formula is C10H14ClN3O2. The second-order valence-electron chi connectivity index (χ2n) is 3.82. The largest absolute Gasteiger partial charge is 0.473 e. The first-order valence-corrected chi connectivity index (χ1v) is 5.55. The van der Waals surface area contributed by atoms with Crippen molar-refractivity contribution in [1.82, 2.24) is 9.97 Å². The van der Waals surface area contributed by atoms with Crippen LogP contribution in [0.15, 0.2) is 6.20 Å². The van der Waals surface area contributed by atoms with Crippen LogP contribution in [0.25, 0.3) is 0 Å². The molecule has 2 rings (SSSR count). The first-order valence-electron chi connectivity index (χ1n) is 5.18. The molecule has 1 saturated carbocycles. The van der Waals surface area contributed by atoms with Gasteiger partial charge in [-0.2, -0.15) is 4.98 Å². The van der Waals surface area contributed by atoms with Crippen LogP contribution in [0.1, 0.15) is 19.3 Å². The van der Waals surface area contributed by atoms with Gasteiger partial charge in [-0.05, 0) is 19.3 Å². The Bertz CT molecular complexity index is 375. The summed E-state index contributed by atoms with van der Waals surface area (Å²) in [5.74, 6) is 0.368. The molecule has 1 aromatic heterocycles. The van der Waals surface area contributed by atoms with Gasteiger partial charge in [-0.25, -0.2) is 4.98 Å². The Labute approximate surface area is 98.9 Å². The van der Waals surface area contributed by atoms with Gasteiger partial charge >= 0.3 is 6.01 Å². The van der Waals surface area contributed by atoms with Gasteiger partial charge in [0.2, 0.25) is 5.88 Å². The van der Waals surface area contributed by atoms with Crippen molar-refractivity contribution in [3.63, 3.8) is 0 Å². The number of ether oxygens (including phenoxy) is 2. The number of nitrogens with two attached hydrogens (primary N) is 1. The van der Waals surface area contributed by atoms with Gasteiger partial charge in [0, 0.05) is 6.04 Å². The average Bonchev–Trinajstić information content (AvgIpc) is 2.67. The fourth-order valence-electron chi connectivity index (χ4n) is 1.76. The molecule has 0 radical (unpaired) electrons. The van der Waals surface area contributed by atoms with E-state index in [2.05, 4.69) is 9.97 Å². The molecule has 2 unspecified atom stereocenters. The second kappa shape index (κ2) is 4.84. The van der Waals surface area contributed by atoms with E-state index in [4.69, 9.17) is 26.8 Å². The molecule has 6 heteroatoms. The predicted octanol–water partition coefficient (Wildman–Crippen LogP) is 1.40. The SMILES string of the molecule is COc1ncc(Cl)c(OC2CCC(N)C2)n1. The van der Waals surface area contributed by atoms with Crippen molar-refractivity contribution in [2.75, 3.05) is 7.11 Å². The van der Waals surface area contributed by atoms with E-state index in [1.54, 1.807) is 0 Å². The number of halogens is 1. The Morgan fingerprint density at radius 1 is 1.50 bits per heavy atom. The van der Waals surface area contributed by atoms with Crippen LogP contribution in [0, 0.1) is 0 Å². The Balaban J connectivity index is 2.08. The van der Waals surface area contributed by atoms with Crippen LogP contribution in [0.2, 0.25) is 5.02 Å². The Kier molecular flexibility index (Phi) is 3.46. The number of rotatable bonds is 3. The first-order chi connectivity index (χ1) is 7.69. The van der Waals surface area contributed by atoms with Crippen LogP contribution in [-0.4, -0.2) is 29.2 Å². The van der Waals surface area contributed by atoms with E-state index in [0.29, 0.717) is 10.9 Å². The zero-order valence-corrected chi connectivity index (χ0v) is 9.78. The lowest BCUT2D eigenvalue weighted by molar-refractivity contribution is 0.196. The third-order valence-corrected chi connectivity index (χ3v) is 2.84. The minimum absolute atomic E-state index is 0.0899. The highest BCUT2D eigenvalue weighted by Gasteiger charge is 2.24. The highest BCUT2D eigenvalue weighted by Crippen LogP contribution is 2.28. The van der Waals surface area contributed by atoms with E-state index in [0.717, 1.165) is 19.3 Å². The molecule has 2 N–H and O–H groups in total. The Morgan fingerprint density at radius 3 is 2.94 bits per heavy atom. The van der Waals surface area contributed by atoms with Gasteiger partial charge in [0.25, 0.3) is 0 Å². The van der Waals surface area contributed by atoms with Crippen molar-refractivity contribution in [1.29, 1.82) is 0 Å². The van der Waals surface area contributed by atoms with Gasteiger partial charge in [-0.1, -0.05) is 11.6 Å². The van der Waals surface area contributed by atoms with Crippen LogP contribution < -0.4 is 15.2 Å². The summed E-state index contributed by atoms with van der Waals surface area (Å²) in [6, 6.07) is 0.467. The van der Waals surface area contributed by atoms with Crippen LogP contribution in [0.4, 0.5) is 0 Å². The fraction of sp³-hybridized carbons (Fsp3) is 0.600. The minimum atomic E-state index is 0.0899. The summed E-state index contributed by atoms with van der Waals surface area (Å²) >= 11 is 5.93. The van der Waals surface area contributed by atoms with Crippen molar-refractivity contribution in [2.24, 2.45) is 5.73 Å². The third kappa shape index (κ3) is 2.54. The lowest BCUT2D eigenvalue weighted by Gasteiger charge is -2.13. The molecule has 2 atom stereocenters. The summed E-state index contributed by atoms with van der Waals surface area (Å²) in [5.41, 5.74) is 5.80. The number of methoxy groups -OCH3 is 1. The van der Waals surface area contributed by atoms with Gasteiger partial charge in [0.1, 0.15) is 11.1 Å². The average molecular weight is 244 g/mol. The van der Waals surface area contributed by atoms with Crippen LogP contribution in [0.5, 0.6) is 11.9 Å². The van der Waals surface area contributed by atoms with Gasteiger partial charge in [-0.3, -0.25) is 0 Å². The second-order valence-corrected chi connectivity index (χ2v) is 4.23. The normalized spacial score (nSPS) is 24.4. The molecule has 1 aliphatic rings. The van der Waals surface area contributed by atoms with Gasteiger partial charge in [-0.15, -0.1) is 0 Å². The smallest absolute Gasteiger partial charge is 0.319 e. The number of hydrogen-bond acceptors (Lipinski definition) is 5. The molecule has 88 valence electrons. The van der Waals surface area contributed by atoms with E-state index >= 15 is 0 Å². The molecular weight excluding hydrogens is 230 g/mol. The third-order valence-electron chi connectivity index (χ3n) is 2.58. The summed E-state index contributed by atoms with van der Waals surface area (Å²) in [6.45, 7) is 0. The fourth-order valence-corrected chi connectivity index (χ4v) is 1.89. The van der Waals surface area contributed by atoms with Crippen LogP contribution in [-0.2, 0) is 0 Å². The van der Waals surface area contributed by atoms with Crippen molar-refractivity contribution >= 4 is 11.6 Å². The van der Waals surface area contributed by atoms with Crippen LogP contribution >= 0.6 is 11.6 Å². The monoisotopic (exact) mass is 243 g/mol. The van der Waals surface area contributed by atoms with Gasteiger partial charge in [0.05, 0.1) is 13.3 Å². The van der Waals surface area contributed by atoms with E-state index in [1.807, 2.05) is 0 Å². The summed E-state index contributed by atoms with van der Waals surface area (Å²) in [4.78, 5) is 7.93.